The van der Waals surface area contributed by atoms with Crippen molar-refractivity contribution >= 4 is 22.0 Å². The lowest BCUT2D eigenvalue weighted by molar-refractivity contribution is 0.0340. The second kappa shape index (κ2) is 6.86. The third-order valence-corrected chi connectivity index (χ3v) is 4.06. The number of halogens is 1. The van der Waals surface area contributed by atoms with E-state index in [-0.39, 0.29) is 18.2 Å². The van der Waals surface area contributed by atoms with Crippen LogP contribution >= 0.6 is 15.9 Å². The van der Waals surface area contributed by atoms with E-state index in [9.17, 15) is 4.79 Å². The lowest BCUT2D eigenvalue weighted by Crippen LogP contribution is -2.49. The van der Waals surface area contributed by atoms with E-state index >= 15 is 0 Å². The Hall–Kier alpha value is -1.30. The predicted octanol–water partition coefficient (Wildman–Crippen LogP) is 3.91. The Kier molecular flexibility index (Phi) is 5.32. The Bertz CT molecular complexity index is 524. The van der Waals surface area contributed by atoms with Gasteiger partial charge in [-0.1, -0.05) is 15.9 Å². The van der Waals surface area contributed by atoms with Gasteiger partial charge in [0.2, 0.25) is 5.88 Å². The summed E-state index contributed by atoms with van der Waals surface area (Å²) >= 11 is 3.40. The fourth-order valence-electron chi connectivity index (χ4n) is 2.37. The smallest absolute Gasteiger partial charge is 0.407 e. The summed E-state index contributed by atoms with van der Waals surface area (Å²) in [6, 6.07) is 3.88. The van der Waals surface area contributed by atoms with E-state index in [1.54, 1.807) is 6.20 Å². The second-order valence-corrected chi connectivity index (χ2v) is 7.63. The Labute approximate surface area is 139 Å². The molecule has 0 aliphatic heterocycles. The molecule has 22 heavy (non-hydrogen) atoms. The molecule has 2 rings (SSSR count). The number of aromatic nitrogens is 1. The van der Waals surface area contributed by atoms with E-state index in [1.165, 1.54) is 0 Å². The van der Waals surface area contributed by atoms with E-state index in [4.69, 9.17) is 9.47 Å². The molecule has 0 aromatic carbocycles. The fourth-order valence-corrected chi connectivity index (χ4v) is 2.69. The van der Waals surface area contributed by atoms with E-state index in [0.29, 0.717) is 11.8 Å². The van der Waals surface area contributed by atoms with Gasteiger partial charge in [0.15, 0.2) is 0 Å². The van der Waals surface area contributed by atoms with Crippen LogP contribution in [0.25, 0.3) is 0 Å². The molecule has 0 spiro atoms. The largest absolute Gasteiger partial charge is 0.474 e. The van der Waals surface area contributed by atoms with Gasteiger partial charge in [-0.25, -0.2) is 9.78 Å². The molecule has 1 aromatic heterocycles. The van der Waals surface area contributed by atoms with Crippen molar-refractivity contribution < 1.29 is 14.3 Å². The molecule has 0 radical (unpaired) electrons. The van der Waals surface area contributed by atoms with Crippen LogP contribution in [0.1, 0.15) is 40.5 Å². The van der Waals surface area contributed by atoms with Crippen molar-refractivity contribution in [1.29, 1.82) is 0 Å². The Morgan fingerprint density at radius 2 is 2.14 bits per heavy atom. The number of nitrogens with one attached hydrogen (secondary N) is 1. The maximum Gasteiger partial charge on any atom is 0.407 e. The average molecular weight is 371 g/mol. The summed E-state index contributed by atoms with van der Waals surface area (Å²) in [6.07, 6.45) is 3.22. The number of pyridine rings is 1. The van der Waals surface area contributed by atoms with Gasteiger partial charge in [-0.15, -0.1) is 0 Å². The van der Waals surface area contributed by atoms with Crippen molar-refractivity contribution in [1.82, 2.24) is 10.3 Å². The van der Waals surface area contributed by atoms with Crippen LogP contribution in [0.3, 0.4) is 0 Å². The molecule has 1 N–H and O–H groups in total. The minimum atomic E-state index is -0.462. The zero-order chi connectivity index (χ0) is 16.3. The molecule has 1 saturated carbocycles. The van der Waals surface area contributed by atoms with E-state index in [1.807, 2.05) is 39.8 Å². The van der Waals surface area contributed by atoms with Gasteiger partial charge in [-0.3, -0.25) is 0 Å². The molecule has 1 heterocycles. The predicted molar refractivity (Wildman–Crippen MR) is 87.9 cm³/mol. The van der Waals surface area contributed by atoms with Crippen LogP contribution in [0.15, 0.2) is 22.8 Å². The summed E-state index contributed by atoms with van der Waals surface area (Å²) in [5.74, 6) is 1.03. The van der Waals surface area contributed by atoms with Crippen LogP contribution < -0.4 is 10.1 Å². The third-order valence-electron chi connectivity index (χ3n) is 3.56. The van der Waals surface area contributed by atoms with Crippen molar-refractivity contribution in [2.45, 2.75) is 58.3 Å². The monoisotopic (exact) mass is 370 g/mol. The molecule has 5 nitrogen and oxygen atoms in total. The quantitative estimate of drug-likeness (QED) is 0.872. The van der Waals surface area contributed by atoms with Crippen LogP contribution in [0.4, 0.5) is 4.79 Å². The maximum absolute atomic E-state index is 11.7. The standard InChI is InChI=1S/C16H23BrN2O3/c1-10(21-14-9-12(17)5-6-18-14)11-7-13(8-11)19-15(20)22-16(2,3)4/h5-6,9-11,13H,7-8H2,1-4H3,(H,19,20)/t10-,11?,13?/m0/s1. The first-order valence-electron chi connectivity index (χ1n) is 7.50. The normalized spacial score (nSPS) is 22.4. The van der Waals surface area contributed by atoms with Gasteiger partial charge >= 0.3 is 6.09 Å². The lowest BCUT2D eigenvalue weighted by Gasteiger charge is -2.39. The lowest BCUT2D eigenvalue weighted by atomic mass is 9.77. The van der Waals surface area contributed by atoms with Crippen LogP contribution in [0, 0.1) is 5.92 Å². The minimum absolute atomic E-state index is 0.0680. The molecule has 0 bridgehead atoms. The average Bonchev–Trinajstić information content (AvgIpc) is 2.30. The molecule has 1 aliphatic carbocycles. The van der Waals surface area contributed by atoms with E-state index in [2.05, 4.69) is 26.2 Å². The van der Waals surface area contributed by atoms with Gasteiger partial charge in [0.1, 0.15) is 11.7 Å². The molecule has 0 unspecified atom stereocenters. The minimum Gasteiger partial charge on any atom is -0.474 e. The van der Waals surface area contributed by atoms with Gasteiger partial charge < -0.3 is 14.8 Å². The molecular formula is C16H23BrN2O3. The number of alkyl carbamates (subject to hydrolysis) is 1. The van der Waals surface area contributed by atoms with Gasteiger partial charge in [-0.05, 0) is 52.5 Å². The highest BCUT2D eigenvalue weighted by atomic mass is 79.9. The number of amides is 1. The van der Waals surface area contributed by atoms with Crippen molar-refractivity contribution in [3.05, 3.63) is 22.8 Å². The number of rotatable bonds is 4. The molecule has 122 valence electrons. The van der Waals surface area contributed by atoms with Crippen molar-refractivity contribution in [2.75, 3.05) is 0 Å². The van der Waals surface area contributed by atoms with Gasteiger partial charge in [-0.2, -0.15) is 0 Å². The zero-order valence-corrected chi connectivity index (χ0v) is 15.0. The molecule has 1 aromatic rings. The number of carbonyl (C=O) groups excluding carboxylic acids is 1. The number of hydrogen-bond donors (Lipinski definition) is 1. The maximum atomic E-state index is 11.7. The number of ether oxygens (including phenoxy) is 2. The van der Waals surface area contributed by atoms with Crippen LogP contribution in [0.5, 0.6) is 5.88 Å². The second-order valence-electron chi connectivity index (χ2n) is 6.71. The van der Waals surface area contributed by atoms with Crippen LogP contribution in [-0.4, -0.2) is 28.8 Å². The molecular weight excluding hydrogens is 348 g/mol. The summed E-state index contributed by atoms with van der Waals surface area (Å²) < 4.78 is 12.0. The summed E-state index contributed by atoms with van der Waals surface area (Å²) in [4.78, 5) is 15.9. The summed E-state index contributed by atoms with van der Waals surface area (Å²) in [5.41, 5.74) is -0.462. The van der Waals surface area contributed by atoms with Crippen molar-refractivity contribution in [3.8, 4) is 5.88 Å². The number of carbonyl (C=O) groups is 1. The highest BCUT2D eigenvalue weighted by Gasteiger charge is 2.36. The Morgan fingerprint density at radius 3 is 2.73 bits per heavy atom. The first kappa shape index (κ1) is 17.1. The first-order chi connectivity index (χ1) is 10.2. The van der Waals surface area contributed by atoms with E-state index < -0.39 is 5.60 Å². The van der Waals surface area contributed by atoms with Crippen LogP contribution in [0.2, 0.25) is 0 Å². The zero-order valence-electron chi connectivity index (χ0n) is 13.4. The molecule has 1 aliphatic rings. The Morgan fingerprint density at radius 1 is 1.45 bits per heavy atom. The van der Waals surface area contributed by atoms with Gasteiger partial charge in [0.25, 0.3) is 0 Å². The molecule has 1 fully saturated rings. The van der Waals surface area contributed by atoms with Crippen molar-refractivity contribution in [3.63, 3.8) is 0 Å². The number of nitrogens with zero attached hydrogens (tertiary/aromatic N) is 1. The van der Waals surface area contributed by atoms with Crippen LogP contribution in [-0.2, 0) is 4.74 Å². The van der Waals surface area contributed by atoms with E-state index in [0.717, 1.165) is 17.3 Å². The molecule has 6 heteroatoms. The highest BCUT2D eigenvalue weighted by Crippen LogP contribution is 2.32. The molecule has 1 atom stereocenters. The van der Waals surface area contributed by atoms with Crippen molar-refractivity contribution in [2.24, 2.45) is 5.92 Å². The summed E-state index contributed by atoms with van der Waals surface area (Å²) in [5, 5.41) is 2.89. The summed E-state index contributed by atoms with van der Waals surface area (Å²) in [7, 11) is 0. The van der Waals surface area contributed by atoms with Gasteiger partial charge in [0, 0.05) is 22.8 Å². The molecule has 0 saturated heterocycles. The number of hydrogen-bond acceptors (Lipinski definition) is 4. The van der Waals surface area contributed by atoms with Gasteiger partial charge in [0.05, 0.1) is 0 Å². The summed E-state index contributed by atoms with van der Waals surface area (Å²) in [6.45, 7) is 7.61. The third kappa shape index (κ3) is 5.16. The fraction of sp³-hybridized carbons (Fsp3) is 0.625. The molecule has 1 amide bonds. The first-order valence-corrected chi connectivity index (χ1v) is 8.30. The topological polar surface area (TPSA) is 60.5 Å². The SMILES string of the molecule is C[C@H](Oc1cc(Br)ccn1)C1CC(NC(=O)OC(C)(C)C)C1. The Balaban J connectivity index is 1.73. The highest BCUT2D eigenvalue weighted by molar-refractivity contribution is 9.10.